The molecule has 3 N–H and O–H groups in total. The van der Waals surface area contributed by atoms with Crippen LogP contribution in [0.4, 0.5) is 5.82 Å². The first-order valence-corrected chi connectivity index (χ1v) is 5.42. The van der Waals surface area contributed by atoms with E-state index >= 15 is 0 Å². The molecule has 0 bridgehead atoms. The number of fused-ring (bicyclic) bond motifs is 1. The Morgan fingerprint density at radius 2 is 2.19 bits per heavy atom. The van der Waals surface area contributed by atoms with Crippen LogP contribution in [0.5, 0.6) is 0 Å². The lowest BCUT2D eigenvalue weighted by molar-refractivity contribution is 0.575. The molecule has 16 heavy (non-hydrogen) atoms. The zero-order valence-corrected chi connectivity index (χ0v) is 8.69. The van der Waals surface area contributed by atoms with E-state index in [1.54, 1.807) is 0 Å². The van der Waals surface area contributed by atoms with Crippen LogP contribution in [-0.4, -0.2) is 40.9 Å². The van der Waals surface area contributed by atoms with E-state index in [1.165, 1.54) is 0 Å². The molecule has 2 atom stereocenters. The van der Waals surface area contributed by atoms with Crippen LogP contribution in [0, 0.1) is 5.92 Å². The summed E-state index contributed by atoms with van der Waals surface area (Å²) in [5.74, 6) is 0.920. The van der Waals surface area contributed by atoms with Gasteiger partial charge in [-0.2, -0.15) is 0 Å². The van der Waals surface area contributed by atoms with Crippen LogP contribution in [0.25, 0.3) is 0 Å². The molecule has 2 fully saturated rings. The van der Waals surface area contributed by atoms with E-state index in [9.17, 15) is 9.59 Å². The molecular weight excluding hydrogens is 210 g/mol. The fraction of sp³-hybridized carbons (Fsp3) is 0.667. The quantitative estimate of drug-likeness (QED) is 0.525. The molecule has 1 aromatic heterocycles. The number of anilines is 1. The third kappa shape index (κ3) is 1.35. The SMILES string of the molecule is O=c1[nH]nc(N2CC[C@H]3CNC[C@H]32)c(=O)[nH]1. The van der Waals surface area contributed by atoms with Gasteiger partial charge in [0.1, 0.15) is 0 Å². The third-order valence-corrected chi connectivity index (χ3v) is 3.41. The van der Waals surface area contributed by atoms with Crippen LogP contribution < -0.4 is 21.5 Å². The van der Waals surface area contributed by atoms with Gasteiger partial charge in [-0.3, -0.25) is 9.78 Å². The number of nitrogens with one attached hydrogen (secondary N) is 3. The Labute approximate surface area is 90.9 Å². The maximum atomic E-state index is 11.6. The molecule has 0 radical (unpaired) electrons. The molecule has 2 aliphatic rings. The van der Waals surface area contributed by atoms with E-state index in [1.807, 2.05) is 4.90 Å². The highest BCUT2D eigenvalue weighted by atomic mass is 16.2. The van der Waals surface area contributed by atoms with Crippen molar-refractivity contribution in [3.05, 3.63) is 20.8 Å². The molecule has 0 aromatic carbocycles. The van der Waals surface area contributed by atoms with E-state index in [4.69, 9.17) is 0 Å². The van der Waals surface area contributed by atoms with E-state index < -0.39 is 11.2 Å². The third-order valence-electron chi connectivity index (χ3n) is 3.41. The maximum absolute atomic E-state index is 11.6. The van der Waals surface area contributed by atoms with Crippen LogP contribution in [-0.2, 0) is 0 Å². The zero-order chi connectivity index (χ0) is 11.1. The van der Waals surface area contributed by atoms with Crippen LogP contribution in [0.3, 0.4) is 0 Å². The highest BCUT2D eigenvalue weighted by molar-refractivity contribution is 5.39. The van der Waals surface area contributed by atoms with Crippen molar-refractivity contribution in [1.29, 1.82) is 0 Å². The Bertz CT molecular complexity index is 507. The van der Waals surface area contributed by atoms with Gasteiger partial charge in [0.2, 0.25) is 5.82 Å². The number of nitrogens with zero attached hydrogens (tertiary/aromatic N) is 2. The second kappa shape index (κ2) is 3.44. The highest BCUT2D eigenvalue weighted by Crippen LogP contribution is 2.28. The van der Waals surface area contributed by atoms with Crippen molar-refractivity contribution >= 4 is 5.82 Å². The second-order valence-electron chi connectivity index (χ2n) is 4.30. The lowest BCUT2D eigenvalue weighted by Crippen LogP contribution is -2.40. The van der Waals surface area contributed by atoms with Crippen molar-refractivity contribution in [2.75, 3.05) is 24.5 Å². The second-order valence-corrected chi connectivity index (χ2v) is 4.30. The lowest BCUT2D eigenvalue weighted by atomic mass is 10.1. The van der Waals surface area contributed by atoms with E-state index in [0.29, 0.717) is 17.8 Å². The number of hydrogen-bond acceptors (Lipinski definition) is 5. The predicted octanol–water partition coefficient (Wildman–Crippen LogP) is -1.74. The monoisotopic (exact) mass is 223 g/mol. The molecule has 7 nitrogen and oxygen atoms in total. The van der Waals surface area contributed by atoms with Crippen molar-refractivity contribution in [2.24, 2.45) is 5.92 Å². The molecule has 0 spiro atoms. The van der Waals surface area contributed by atoms with Crippen molar-refractivity contribution in [3.63, 3.8) is 0 Å². The predicted molar refractivity (Wildman–Crippen MR) is 57.6 cm³/mol. The topological polar surface area (TPSA) is 93.9 Å². The molecule has 3 heterocycles. The summed E-state index contributed by atoms with van der Waals surface area (Å²) >= 11 is 0. The standard InChI is InChI=1S/C9H13N5O2/c15-8-7(12-13-9(16)11-8)14-2-1-5-3-10-4-6(5)14/h5-6,10H,1-4H2,(H2,11,13,15,16)/t5-,6+/m0/s1. The molecule has 0 saturated carbocycles. The Hall–Kier alpha value is -1.63. The Morgan fingerprint density at radius 1 is 1.31 bits per heavy atom. The zero-order valence-electron chi connectivity index (χ0n) is 8.69. The fourth-order valence-electron chi connectivity index (χ4n) is 2.65. The van der Waals surface area contributed by atoms with E-state index in [2.05, 4.69) is 20.5 Å². The molecule has 3 rings (SSSR count). The summed E-state index contributed by atoms with van der Waals surface area (Å²) in [4.78, 5) is 26.7. The van der Waals surface area contributed by atoms with E-state index in [0.717, 1.165) is 26.1 Å². The first-order chi connectivity index (χ1) is 7.75. The Kier molecular flexibility index (Phi) is 2.06. The van der Waals surface area contributed by atoms with Gasteiger partial charge in [0.05, 0.1) is 0 Å². The number of aromatic nitrogens is 3. The minimum atomic E-state index is -0.561. The molecule has 1 aromatic rings. The molecule has 2 aliphatic heterocycles. The van der Waals surface area contributed by atoms with Gasteiger partial charge in [-0.1, -0.05) is 0 Å². The Balaban J connectivity index is 1.98. The summed E-state index contributed by atoms with van der Waals surface area (Å²) in [5, 5.41) is 9.41. The number of aromatic amines is 2. The van der Waals surface area contributed by atoms with Crippen molar-refractivity contribution in [2.45, 2.75) is 12.5 Å². The van der Waals surface area contributed by atoms with Gasteiger partial charge in [-0.25, -0.2) is 9.89 Å². The van der Waals surface area contributed by atoms with Crippen LogP contribution in [0.15, 0.2) is 9.59 Å². The Morgan fingerprint density at radius 3 is 3.00 bits per heavy atom. The van der Waals surface area contributed by atoms with Crippen LogP contribution in [0.1, 0.15) is 6.42 Å². The van der Waals surface area contributed by atoms with Crippen LogP contribution >= 0.6 is 0 Å². The van der Waals surface area contributed by atoms with Gasteiger partial charge in [0.15, 0.2) is 0 Å². The van der Waals surface area contributed by atoms with Gasteiger partial charge in [0, 0.05) is 25.7 Å². The molecule has 86 valence electrons. The maximum Gasteiger partial charge on any atom is 0.342 e. The first-order valence-electron chi connectivity index (χ1n) is 5.42. The largest absolute Gasteiger partial charge is 0.346 e. The van der Waals surface area contributed by atoms with Gasteiger partial charge in [-0.15, -0.1) is 5.10 Å². The fourth-order valence-corrected chi connectivity index (χ4v) is 2.65. The lowest BCUT2D eigenvalue weighted by Gasteiger charge is -2.22. The van der Waals surface area contributed by atoms with Gasteiger partial charge in [-0.05, 0) is 12.3 Å². The molecule has 2 saturated heterocycles. The summed E-state index contributed by atoms with van der Waals surface area (Å²) in [6, 6.07) is 0.333. The van der Waals surface area contributed by atoms with Crippen molar-refractivity contribution < 1.29 is 0 Å². The molecular formula is C9H13N5O2. The van der Waals surface area contributed by atoms with E-state index in [-0.39, 0.29) is 0 Å². The van der Waals surface area contributed by atoms with Gasteiger partial charge in [0.25, 0.3) is 5.56 Å². The minimum absolute atomic E-state index is 0.329. The average Bonchev–Trinajstić information content (AvgIpc) is 2.80. The van der Waals surface area contributed by atoms with Gasteiger partial charge < -0.3 is 10.2 Å². The highest BCUT2D eigenvalue weighted by Gasteiger charge is 2.39. The summed E-state index contributed by atoms with van der Waals surface area (Å²) in [5.41, 5.74) is -0.967. The minimum Gasteiger partial charge on any atom is -0.346 e. The molecule has 7 heteroatoms. The summed E-state index contributed by atoms with van der Waals surface area (Å²) in [6.45, 7) is 2.71. The molecule has 0 unspecified atom stereocenters. The van der Waals surface area contributed by atoms with Gasteiger partial charge >= 0.3 is 5.69 Å². The normalized spacial score (nSPS) is 28.4. The summed E-state index contributed by atoms with van der Waals surface area (Å²) in [6.07, 6.45) is 1.07. The number of hydrogen-bond donors (Lipinski definition) is 3. The molecule has 0 aliphatic carbocycles. The summed E-state index contributed by atoms with van der Waals surface area (Å²) < 4.78 is 0. The number of rotatable bonds is 1. The van der Waals surface area contributed by atoms with Crippen LogP contribution in [0.2, 0.25) is 0 Å². The van der Waals surface area contributed by atoms with Crippen molar-refractivity contribution in [1.82, 2.24) is 20.5 Å². The smallest absolute Gasteiger partial charge is 0.342 e. The first kappa shape index (κ1) is 9.59. The van der Waals surface area contributed by atoms with Crippen molar-refractivity contribution in [3.8, 4) is 0 Å². The average molecular weight is 223 g/mol. The molecule has 0 amide bonds. The number of H-pyrrole nitrogens is 2. The summed E-state index contributed by atoms with van der Waals surface area (Å²) in [7, 11) is 0.